The minimum Gasteiger partial charge on any atom is -0.464 e. The number of amides is 2. The molecule has 1 aliphatic rings. The van der Waals surface area contributed by atoms with Crippen LogP contribution in [0.2, 0.25) is 0 Å². The van der Waals surface area contributed by atoms with Crippen LogP contribution in [0.3, 0.4) is 0 Å². The first-order chi connectivity index (χ1) is 17.9. The van der Waals surface area contributed by atoms with Crippen molar-refractivity contribution in [2.45, 2.75) is 64.0 Å². The topological polar surface area (TPSA) is 86.8 Å². The first kappa shape index (κ1) is 27.2. The Balaban J connectivity index is 1.58. The Labute approximate surface area is 222 Å². The zero-order valence-electron chi connectivity index (χ0n) is 22.6. The number of fused-ring (bicyclic) bond motifs is 1. The number of halogens is 1. The van der Waals surface area contributed by atoms with Gasteiger partial charge < -0.3 is 19.0 Å². The highest BCUT2D eigenvalue weighted by Gasteiger charge is 2.41. The van der Waals surface area contributed by atoms with E-state index < -0.39 is 11.0 Å². The van der Waals surface area contributed by atoms with Gasteiger partial charge in [-0.2, -0.15) is 5.26 Å². The van der Waals surface area contributed by atoms with Gasteiger partial charge in [0.15, 0.2) is 0 Å². The number of furan rings is 1. The lowest BCUT2D eigenvalue weighted by Crippen LogP contribution is -2.48. The average molecular weight is 520 g/mol. The van der Waals surface area contributed by atoms with E-state index in [0.717, 1.165) is 16.5 Å². The van der Waals surface area contributed by atoms with Gasteiger partial charge in [-0.15, -0.1) is 0 Å². The summed E-state index contributed by atoms with van der Waals surface area (Å²) in [5.41, 5.74) is 1.62. The lowest BCUT2D eigenvalue weighted by Gasteiger charge is -2.43. The zero-order valence-corrected chi connectivity index (χ0v) is 22.6. The van der Waals surface area contributed by atoms with E-state index in [1.54, 1.807) is 53.4 Å². The van der Waals surface area contributed by atoms with E-state index in [1.165, 1.54) is 12.1 Å². The number of likely N-dealkylation sites (tertiary alicyclic amines) is 1. The summed E-state index contributed by atoms with van der Waals surface area (Å²) < 4.78 is 25.0. The summed E-state index contributed by atoms with van der Waals surface area (Å²) in [5.74, 6) is -0.429. The lowest BCUT2D eigenvalue weighted by atomic mass is 9.70. The summed E-state index contributed by atoms with van der Waals surface area (Å²) in [7, 11) is 1.75. The molecule has 0 saturated carbocycles. The summed E-state index contributed by atoms with van der Waals surface area (Å²) in [4.78, 5) is 29.8. The van der Waals surface area contributed by atoms with Crippen LogP contribution in [-0.2, 0) is 14.9 Å². The molecule has 3 aromatic rings. The van der Waals surface area contributed by atoms with Crippen molar-refractivity contribution in [1.82, 2.24) is 9.80 Å². The molecule has 0 aliphatic carbocycles. The maximum absolute atomic E-state index is 13.8. The Morgan fingerprint density at radius 3 is 2.45 bits per heavy atom. The maximum atomic E-state index is 13.8. The van der Waals surface area contributed by atoms with Gasteiger partial charge >= 0.3 is 6.09 Å². The molecule has 1 aliphatic heterocycles. The number of carbonyl (C=O) groups is 2. The molecule has 0 radical (unpaired) electrons. The minimum absolute atomic E-state index is 0.0883. The van der Waals surface area contributed by atoms with E-state index in [0.29, 0.717) is 37.1 Å². The molecule has 1 saturated heterocycles. The van der Waals surface area contributed by atoms with Gasteiger partial charge in [0.05, 0.1) is 23.9 Å². The summed E-state index contributed by atoms with van der Waals surface area (Å²) in [5, 5.41) is 10.3. The smallest absolute Gasteiger partial charge is 0.410 e. The molecule has 2 aromatic carbocycles. The molecule has 8 heteroatoms. The number of carbonyl (C=O) groups excluding carboxylic acids is 2. The van der Waals surface area contributed by atoms with Crippen LogP contribution in [0.4, 0.5) is 9.18 Å². The Bertz CT molecular complexity index is 1360. The second-order valence-electron chi connectivity index (χ2n) is 11.1. The number of hydrogen-bond acceptors (Lipinski definition) is 5. The van der Waals surface area contributed by atoms with Gasteiger partial charge in [0, 0.05) is 42.9 Å². The number of rotatable bonds is 5. The van der Waals surface area contributed by atoms with Crippen molar-refractivity contribution in [2.24, 2.45) is 0 Å². The van der Waals surface area contributed by atoms with E-state index >= 15 is 0 Å². The highest BCUT2D eigenvalue weighted by atomic mass is 19.1. The SMILES string of the molecule is CC(c1cc(C#N)cc2ccoc12)N(C)C(=O)CC1(c2ccc(F)cc2)CCN(C(=O)OC(C)(C)C)CC1. The predicted octanol–water partition coefficient (Wildman–Crippen LogP) is 6.32. The molecule has 1 fully saturated rings. The lowest BCUT2D eigenvalue weighted by molar-refractivity contribution is -0.133. The van der Waals surface area contributed by atoms with Crippen molar-refractivity contribution in [3.63, 3.8) is 0 Å². The fraction of sp³-hybridized carbons (Fsp3) is 0.433. The van der Waals surface area contributed by atoms with Crippen molar-refractivity contribution in [3.8, 4) is 6.07 Å². The summed E-state index contributed by atoms with van der Waals surface area (Å²) in [6.45, 7) is 8.25. The first-order valence-corrected chi connectivity index (χ1v) is 12.8. The highest BCUT2D eigenvalue weighted by molar-refractivity contribution is 5.84. The van der Waals surface area contributed by atoms with Crippen molar-refractivity contribution < 1.29 is 23.1 Å². The molecule has 2 amide bonds. The van der Waals surface area contributed by atoms with Gasteiger partial charge in [-0.1, -0.05) is 12.1 Å². The fourth-order valence-corrected chi connectivity index (χ4v) is 5.14. The second kappa shape index (κ2) is 10.5. The summed E-state index contributed by atoms with van der Waals surface area (Å²) in [6, 6.07) is 13.4. The Hall–Kier alpha value is -3.86. The van der Waals surface area contributed by atoms with Gasteiger partial charge in [0.25, 0.3) is 0 Å². The largest absolute Gasteiger partial charge is 0.464 e. The highest BCUT2D eigenvalue weighted by Crippen LogP contribution is 2.40. The third kappa shape index (κ3) is 5.67. The number of hydrogen-bond donors (Lipinski definition) is 0. The van der Waals surface area contributed by atoms with E-state index in [9.17, 15) is 19.2 Å². The van der Waals surface area contributed by atoms with Crippen LogP contribution in [-0.4, -0.2) is 47.5 Å². The Morgan fingerprint density at radius 1 is 1.18 bits per heavy atom. The minimum atomic E-state index is -0.598. The first-order valence-electron chi connectivity index (χ1n) is 12.8. The monoisotopic (exact) mass is 519 g/mol. The zero-order chi connectivity index (χ0) is 27.7. The number of ether oxygens (including phenoxy) is 1. The number of nitriles is 1. The molecule has 0 spiro atoms. The van der Waals surface area contributed by atoms with Gasteiger partial charge in [0.2, 0.25) is 5.91 Å². The van der Waals surface area contributed by atoms with E-state index in [4.69, 9.17) is 9.15 Å². The fourth-order valence-electron chi connectivity index (χ4n) is 5.14. The number of piperidine rings is 1. The normalized spacial score (nSPS) is 16.1. The molecule has 4 rings (SSSR count). The summed E-state index contributed by atoms with van der Waals surface area (Å²) in [6.07, 6.45) is 2.48. The number of nitrogens with zero attached hydrogens (tertiary/aromatic N) is 3. The third-order valence-corrected chi connectivity index (χ3v) is 7.45. The van der Waals surface area contributed by atoms with Crippen LogP contribution >= 0.6 is 0 Å². The molecule has 1 atom stereocenters. The van der Waals surface area contributed by atoms with Crippen LogP contribution in [0.1, 0.15) is 69.7 Å². The maximum Gasteiger partial charge on any atom is 0.410 e. The van der Waals surface area contributed by atoms with E-state index in [2.05, 4.69) is 6.07 Å². The van der Waals surface area contributed by atoms with Crippen LogP contribution in [0.25, 0.3) is 11.0 Å². The molecule has 1 unspecified atom stereocenters. The van der Waals surface area contributed by atoms with Crippen LogP contribution in [0.5, 0.6) is 0 Å². The van der Waals surface area contributed by atoms with Gasteiger partial charge in [-0.25, -0.2) is 9.18 Å². The van der Waals surface area contributed by atoms with Crippen LogP contribution < -0.4 is 0 Å². The molecule has 0 bridgehead atoms. The molecule has 0 N–H and O–H groups in total. The van der Waals surface area contributed by atoms with E-state index in [-0.39, 0.29) is 30.3 Å². The summed E-state index contributed by atoms with van der Waals surface area (Å²) >= 11 is 0. The Kier molecular flexibility index (Phi) is 7.50. The molecular weight excluding hydrogens is 485 g/mol. The van der Waals surface area contributed by atoms with Gasteiger partial charge in [-0.05, 0) is 76.4 Å². The second-order valence-corrected chi connectivity index (χ2v) is 11.1. The molecular formula is C30H34FN3O4. The van der Waals surface area contributed by atoms with Crippen molar-refractivity contribution in [1.29, 1.82) is 5.26 Å². The van der Waals surface area contributed by atoms with Crippen LogP contribution in [0.15, 0.2) is 53.1 Å². The van der Waals surface area contributed by atoms with Crippen LogP contribution in [0, 0.1) is 17.1 Å². The quantitative estimate of drug-likeness (QED) is 0.394. The molecule has 2 heterocycles. The van der Waals surface area contributed by atoms with Gasteiger partial charge in [0.1, 0.15) is 17.0 Å². The number of benzene rings is 2. The van der Waals surface area contributed by atoms with Crippen molar-refractivity contribution in [2.75, 3.05) is 20.1 Å². The standard InChI is InChI=1S/C30H34FN3O4/c1-20(25-17-21(19-32)16-22-10-15-37-27(22)25)33(5)26(35)18-30(23-6-8-24(31)9-7-23)11-13-34(14-12-30)28(36)38-29(2,3)4/h6-10,15-17,20H,11-14,18H2,1-5H3. The Morgan fingerprint density at radius 2 is 1.84 bits per heavy atom. The predicted molar refractivity (Wildman–Crippen MR) is 142 cm³/mol. The van der Waals surface area contributed by atoms with Gasteiger partial charge in [-0.3, -0.25) is 4.79 Å². The molecule has 1 aromatic heterocycles. The van der Waals surface area contributed by atoms with Crippen molar-refractivity contribution >= 4 is 23.0 Å². The molecule has 200 valence electrons. The van der Waals surface area contributed by atoms with Crippen molar-refractivity contribution in [3.05, 3.63) is 71.2 Å². The third-order valence-electron chi connectivity index (χ3n) is 7.45. The average Bonchev–Trinajstić information content (AvgIpc) is 3.35. The molecule has 38 heavy (non-hydrogen) atoms. The van der Waals surface area contributed by atoms with E-state index in [1.807, 2.05) is 27.7 Å². The molecule has 7 nitrogen and oxygen atoms in total.